The van der Waals surface area contributed by atoms with E-state index in [1.807, 2.05) is 18.2 Å². The molecule has 2 atom stereocenters. The normalized spacial score (nSPS) is 17.3. The quantitative estimate of drug-likeness (QED) is 0.0723. The highest BCUT2D eigenvalue weighted by atomic mass is 28.4. The van der Waals surface area contributed by atoms with E-state index in [0.29, 0.717) is 19.6 Å². The molecular weight excluding hydrogens is 549 g/mol. The Morgan fingerprint density at radius 2 is 1.40 bits per heavy atom. The second-order valence-electron chi connectivity index (χ2n) is 12.8. The van der Waals surface area contributed by atoms with Crippen molar-refractivity contribution in [1.82, 2.24) is 0 Å². The predicted octanol–water partition coefficient (Wildman–Crippen LogP) is 8.14. The van der Waals surface area contributed by atoms with Gasteiger partial charge in [0.25, 0.3) is 8.32 Å². The summed E-state index contributed by atoms with van der Waals surface area (Å²) in [7, 11) is -2.89. The Balaban J connectivity index is 1.61. The molecule has 43 heavy (non-hydrogen) atoms. The molecule has 0 spiro atoms. The summed E-state index contributed by atoms with van der Waals surface area (Å²) in [4.78, 5) is 13.1. The average molecular weight is 599 g/mol. The summed E-state index contributed by atoms with van der Waals surface area (Å²) in [5, 5.41) is 2.20. The van der Waals surface area contributed by atoms with Crippen LogP contribution >= 0.6 is 0 Å². The van der Waals surface area contributed by atoms with Crippen LogP contribution < -0.4 is 10.4 Å². The van der Waals surface area contributed by atoms with E-state index in [4.69, 9.17) is 13.9 Å². The minimum absolute atomic E-state index is 0.202. The third kappa shape index (κ3) is 8.78. The molecule has 0 aliphatic carbocycles. The molecule has 0 saturated carbocycles. The van der Waals surface area contributed by atoms with Crippen LogP contribution in [0, 0.1) is 0 Å². The van der Waals surface area contributed by atoms with Gasteiger partial charge in [0, 0.05) is 12.0 Å². The molecule has 0 radical (unpaired) electrons. The van der Waals surface area contributed by atoms with Gasteiger partial charge < -0.3 is 13.9 Å². The maximum Gasteiger partial charge on any atom is 0.334 e. The molecule has 5 heteroatoms. The number of hydrogen-bond acceptors (Lipinski definition) is 4. The van der Waals surface area contributed by atoms with Gasteiger partial charge in [-0.25, -0.2) is 4.79 Å². The summed E-state index contributed by atoms with van der Waals surface area (Å²) in [6, 6.07) is 31.4. The van der Waals surface area contributed by atoms with Crippen molar-refractivity contribution in [1.29, 1.82) is 0 Å². The van der Waals surface area contributed by atoms with Gasteiger partial charge in [-0.2, -0.15) is 0 Å². The van der Waals surface area contributed by atoms with Crippen LogP contribution in [0.3, 0.4) is 0 Å². The van der Waals surface area contributed by atoms with Gasteiger partial charge in [0.05, 0.1) is 13.2 Å². The molecule has 230 valence electrons. The first-order valence-electron chi connectivity index (χ1n) is 16.2. The summed E-state index contributed by atoms with van der Waals surface area (Å²) in [6.45, 7) is 9.86. The molecule has 0 aromatic heterocycles. The van der Waals surface area contributed by atoms with Crippen LogP contribution in [-0.2, 0) is 25.3 Å². The smallest absolute Gasteiger partial charge is 0.334 e. The van der Waals surface area contributed by atoms with Crippen LogP contribution in [0.5, 0.6) is 0 Å². The minimum atomic E-state index is -2.89. The van der Waals surface area contributed by atoms with Crippen LogP contribution in [0.15, 0.2) is 103 Å². The van der Waals surface area contributed by atoms with Gasteiger partial charge >= 0.3 is 5.97 Å². The Labute approximate surface area is 260 Å². The third-order valence-electron chi connectivity index (χ3n) is 8.44. The summed E-state index contributed by atoms with van der Waals surface area (Å²) >= 11 is 0. The van der Waals surface area contributed by atoms with Crippen LogP contribution in [0.1, 0.15) is 84.6 Å². The van der Waals surface area contributed by atoms with Gasteiger partial charge in [0.15, 0.2) is 0 Å². The lowest BCUT2D eigenvalue weighted by molar-refractivity contribution is -0.144. The van der Waals surface area contributed by atoms with E-state index in [-0.39, 0.29) is 11.0 Å². The van der Waals surface area contributed by atoms with E-state index in [9.17, 15) is 4.79 Å². The standard InChI is InChI=1S/C38H50O4Si/c1-5-6-7-8-9-10-16-23-32-28-35(41-37(32)39)36(30-40-29-31-21-14-11-15-22-31)42-43(38(2,3)4,33-24-17-12-18-25-33)34-26-19-13-20-27-34/h11-15,17-27,35-36H,5-10,16,28-30H2,1-4H3/b32-23+/t35-,36-/m0/s1. The fourth-order valence-electron chi connectivity index (χ4n) is 6.13. The van der Waals surface area contributed by atoms with E-state index >= 15 is 0 Å². The summed E-state index contributed by atoms with van der Waals surface area (Å²) in [6.07, 6.45) is 10.2. The van der Waals surface area contributed by atoms with Crippen molar-refractivity contribution in [3.05, 3.63) is 108 Å². The Bertz CT molecular complexity index is 1230. The number of carbonyl (C=O) groups is 1. The topological polar surface area (TPSA) is 44.8 Å². The number of unbranched alkanes of at least 4 members (excludes halogenated alkanes) is 6. The van der Waals surface area contributed by atoms with Crippen molar-refractivity contribution in [2.75, 3.05) is 6.61 Å². The first kappa shape index (κ1) is 32.9. The highest BCUT2D eigenvalue weighted by Gasteiger charge is 2.53. The van der Waals surface area contributed by atoms with E-state index < -0.39 is 20.5 Å². The van der Waals surface area contributed by atoms with Crippen LogP contribution in [0.25, 0.3) is 0 Å². The van der Waals surface area contributed by atoms with Gasteiger partial charge in [0.2, 0.25) is 0 Å². The van der Waals surface area contributed by atoms with Gasteiger partial charge in [-0.3, -0.25) is 0 Å². The number of cyclic esters (lactones) is 1. The molecule has 1 fully saturated rings. The van der Waals surface area contributed by atoms with E-state index in [0.717, 1.165) is 24.0 Å². The van der Waals surface area contributed by atoms with Crippen molar-refractivity contribution >= 4 is 24.7 Å². The van der Waals surface area contributed by atoms with Gasteiger partial charge in [0.1, 0.15) is 12.2 Å². The number of allylic oxidation sites excluding steroid dienone is 1. The zero-order valence-corrected chi connectivity index (χ0v) is 27.6. The maximum atomic E-state index is 13.1. The predicted molar refractivity (Wildman–Crippen MR) is 179 cm³/mol. The summed E-state index contributed by atoms with van der Waals surface area (Å²) in [5.41, 5.74) is 1.88. The molecule has 1 saturated heterocycles. The number of esters is 1. The molecule has 0 bridgehead atoms. The van der Waals surface area contributed by atoms with Crippen molar-refractivity contribution in [2.24, 2.45) is 0 Å². The highest BCUT2D eigenvalue weighted by Crippen LogP contribution is 2.39. The van der Waals surface area contributed by atoms with E-state index in [2.05, 4.69) is 107 Å². The number of ether oxygens (including phenoxy) is 2. The zero-order chi connectivity index (χ0) is 30.5. The van der Waals surface area contributed by atoms with Crippen LogP contribution in [0.2, 0.25) is 5.04 Å². The summed E-state index contributed by atoms with van der Waals surface area (Å²) < 4.78 is 19.9. The molecule has 4 nitrogen and oxygen atoms in total. The molecule has 3 aromatic carbocycles. The zero-order valence-electron chi connectivity index (χ0n) is 26.6. The van der Waals surface area contributed by atoms with E-state index in [1.54, 1.807) is 0 Å². The minimum Gasteiger partial charge on any atom is -0.456 e. The highest BCUT2D eigenvalue weighted by molar-refractivity contribution is 6.99. The van der Waals surface area contributed by atoms with Crippen molar-refractivity contribution in [3.63, 3.8) is 0 Å². The fourth-order valence-corrected chi connectivity index (χ4v) is 10.8. The second-order valence-corrected chi connectivity index (χ2v) is 17.0. The molecule has 1 heterocycles. The van der Waals surface area contributed by atoms with Crippen molar-refractivity contribution < 1.29 is 18.7 Å². The average Bonchev–Trinajstić information content (AvgIpc) is 3.39. The first-order valence-corrected chi connectivity index (χ1v) is 18.1. The Hall–Kier alpha value is -2.99. The monoisotopic (exact) mass is 598 g/mol. The number of hydrogen-bond donors (Lipinski definition) is 0. The molecular formula is C38H50O4Si. The Kier molecular flexibility index (Phi) is 12.4. The maximum absolute atomic E-state index is 13.1. The van der Waals surface area contributed by atoms with Gasteiger partial charge in [-0.05, 0) is 33.8 Å². The van der Waals surface area contributed by atoms with Crippen LogP contribution in [-0.4, -0.2) is 33.1 Å². The fraction of sp³-hybridized carbons (Fsp3) is 0.447. The molecule has 1 aliphatic heterocycles. The number of rotatable bonds is 16. The first-order chi connectivity index (χ1) is 20.8. The molecule has 3 aromatic rings. The lowest BCUT2D eigenvalue weighted by atomic mass is 10.0. The molecule has 0 amide bonds. The molecule has 0 unspecified atom stereocenters. The third-order valence-corrected chi connectivity index (χ3v) is 13.5. The summed E-state index contributed by atoms with van der Waals surface area (Å²) in [5.74, 6) is -0.213. The van der Waals surface area contributed by atoms with Gasteiger partial charge in [-0.1, -0.05) is 157 Å². The largest absolute Gasteiger partial charge is 0.456 e. The van der Waals surface area contributed by atoms with E-state index in [1.165, 1.54) is 42.5 Å². The second kappa shape index (κ2) is 16.2. The van der Waals surface area contributed by atoms with Gasteiger partial charge in [-0.15, -0.1) is 0 Å². The number of benzene rings is 3. The number of carbonyl (C=O) groups excluding carboxylic acids is 1. The Morgan fingerprint density at radius 1 is 0.837 bits per heavy atom. The SMILES string of the molecule is CCCCCCCC/C=C1\C[C@@H]([C@H](COCc2ccccc2)O[Si](c2ccccc2)(c2ccccc2)C(C)(C)C)OC1=O. The lowest BCUT2D eigenvalue weighted by Gasteiger charge is -2.45. The van der Waals surface area contributed by atoms with Crippen LogP contribution in [0.4, 0.5) is 0 Å². The lowest BCUT2D eigenvalue weighted by Crippen LogP contribution is -2.68. The van der Waals surface area contributed by atoms with Crippen molar-refractivity contribution in [3.8, 4) is 0 Å². The molecule has 1 aliphatic rings. The molecule has 0 N–H and O–H groups in total. The Morgan fingerprint density at radius 3 is 1.98 bits per heavy atom. The van der Waals surface area contributed by atoms with Crippen molar-refractivity contribution in [2.45, 2.75) is 103 Å². The molecule has 4 rings (SSSR count).